The van der Waals surface area contributed by atoms with E-state index >= 15 is 0 Å². The fourth-order valence-corrected chi connectivity index (χ4v) is 8.80. The molecule has 242 valence electrons. The number of nitrogens with zero attached hydrogens (tertiary/aromatic N) is 3. The van der Waals surface area contributed by atoms with Gasteiger partial charge in [-0.05, 0) is 53.2 Å². The highest BCUT2D eigenvalue weighted by atomic mass is 32.1. The van der Waals surface area contributed by atoms with E-state index in [1.165, 1.54) is 30.9 Å². The minimum absolute atomic E-state index is 0.691. The van der Waals surface area contributed by atoms with Gasteiger partial charge < -0.3 is 4.42 Å². The van der Waals surface area contributed by atoms with E-state index in [0.29, 0.717) is 5.82 Å². The standard InChI is InChI=1S/C47H27N3OS/c1-2-12-29(13-3-1)47-49-39(27-40(50-47)36-18-10-17-34-33-15-7-9-20-42(33)52-46(34)36)31-23-24-41-37(26-31)43-35-16-6-8-19-38(35)48-44(45(43)51-41)32-22-21-28-11-4-5-14-30(28)25-32/h1-27H. The van der Waals surface area contributed by atoms with Crippen molar-refractivity contribution in [2.45, 2.75) is 0 Å². The van der Waals surface area contributed by atoms with Gasteiger partial charge in [-0.1, -0.05) is 121 Å². The first-order chi connectivity index (χ1) is 25.7. The molecule has 0 fully saturated rings. The predicted molar refractivity (Wildman–Crippen MR) is 217 cm³/mol. The van der Waals surface area contributed by atoms with Crippen molar-refractivity contribution in [2.24, 2.45) is 0 Å². The van der Waals surface area contributed by atoms with Crippen molar-refractivity contribution in [1.29, 1.82) is 0 Å². The maximum absolute atomic E-state index is 6.72. The molecule has 4 aromatic heterocycles. The van der Waals surface area contributed by atoms with Crippen LogP contribution in [0.2, 0.25) is 0 Å². The normalized spacial score (nSPS) is 11.8. The van der Waals surface area contributed by atoms with Crippen LogP contribution in [0, 0.1) is 0 Å². The number of aromatic nitrogens is 3. The molecule has 0 bridgehead atoms. The number of hydrogen-bond donors (Lipinski definition) is 0. The van der Waals surface area contributed by atoms with Crippen molar-refractivity contribution in [2.75, 3.05) is 0 Å². The Morgan fingerprint density at radius 3 is 2.13 bits per heavy atom. The van der Waals surface area contributed by atoms with E-state index in [9.17, 15) is 0 Å². The number of benzene rings is 7. The van der Waals surface area contributed by atoms with Gasteiger partial charge in [0.15, 0.2) is 11.4 Å². The molecule has 52 heavy (non-hydrogen) atoms. The summed E-state index contributed by atoms with van der Waals surface area (Å²) in [6, 6.07) is 57.2. The monoisotopic (exact) mass is 681 g/mol. The highest BCUT2D eigenvalue weighted by Crippen LogP contribution is 2.43. The van der Waals surface area contributed by atoms with E-state index < -0.39 is 0 Å². The van der Waals surface area contributed by atoms with Crippen molar-refractivity contribution in [1.82, 2.24) is 15.0 Å². The Morgan fingerprint density at radius 1 is 0.462 bits per heavy atom. The molecule has 5 heteroatoms. The molecule has 4 nitrogen and oxygen atoms in total. The molecule has 11 rings (SSSR count). The Morgan fingerprint density at radius 2 is 1.21 bits per heavy atom. The average Bonchev–Trinajstić information content (AvgIpc) is 3.79. The zero-order chi connectivity index (χ0) is 34.2. The summed E-state index contributed by atoms with van der Waals surface area (Å²) in [4.78, 5) is 15.6. The Balaban J connectivity index is 1.15. The number of thiophene rings is 1. The van der Waals surface area contributed by atoms with Gasteiger partial charge in [-0.3, -0.25) is 0 Å². The Kier molecular flexibility index (Phi) is 6.39. The molecule has 11 aromatic rings. The molecular formula is C47H27N3OS. The molecule has 0 aliphatic rings. The van der Waals surface area contributed by atoms with Gasteiger partial charge in [0.05, 0.1) is 16.9 Å². The highest BCUT2D eigenvalue weighted by Gasteiger charge is 2.20. The van der Waals surface area contributed by atoms with E-state index in [1.807, 2.05) is 35.6 Å². The van der Waals surface area contributed by atoms with Crippen LogP contribution < -0.4 is 0 Å². The Bertz CT molecular complexity index is 3200. The molecule has 0 atom stereocenters. The molecule has 0 unspecified atom stereocenters. The van der Waals surface area contributed by atoms with Crippen LogP contribution in [0.1, 0.15) is 0 Å². The van der Waals surface area contributed by atoms with Crippen LogP contribution in [0.5, 0.6) is 0 Å². The highest BCUT2D eigenvalue weighted by molar-refractivity contribution is 7.26. The van der Waals surface area contributed by atoms with Gasteiger partial charge in [0.25, 0.3) is 0 Å². The lowest BCUT2D eigenvalue weighted by atomic mass is 9.99. The van der Waals surface area contributed by atoms with E-state index in [0.717, 1.165) is 72.2 Å². The van der Waals surface area contributed by atoms with E-state index in [1.54, 1.807) is 0 Å². The van der Waals surface area contributed by atoms with Crippen LogP contribution in [-0.2, 0) is 0 Å². The third-order valence-corrected chi connectivity index (χ3v) is 11.3. The first kappa shape index (κ1) is 29.1. The smallest absolute Gasteiger partial charge is 0.162 e. The summed E-state index contributed by atoms with van der Waals surface area (Å²) in [5, 5.41) is 8.02. The summed E-state index contributed by atoms with van der Waals surface area (Å²) in [5.41, 5.74) is 9.20. The summed E-state index contributed by atoms with van der Waals surface area (Å²) >= 11 is 1.81. The number of fused-ring (bicyclic) bond motifs is 9. The minimum atomic E-state index is 0.691. The van der Waals surface area contributed by atoms with Crippen LogP contribution in [-0.4, -0.2) is 15.0 Å². The Labute approximate surface area is 302 Å². The van der Waals surface area contributed by atoms with Gasteiger partial charge in [0.1, 0.15) is 11.3 Å². The number of furan rings is 1. The fourth-order valence-electron chi connectivity index (χ4n) is 7.58. The maximum atomic E-state index is 6.72. The number of para-hydroxylation sites is 1. The van der Waals surface area contributed by atoms with Crippen molar-refractivity contribution < 1.29 is 4.42 Å². The second kappa shape index (κ2) is 11.4. The van der Waals surface area contributed by atoms with Gasteiger partial charge in [-0.15, -0.1) is 11.3 Å². The first-order valence-corrected chi connectivity index (χ1v) is 18.2. The lowest BCUT2D eigenvalue weighted by Gasteiger charge is -2.10. The van der Waals surface area contributed by atoms with Crippen molar-refractivity contribution >= 4 is 75.1 Å². The van der Waals surface area contributed by atoms with Gasteiger partial charge in [0, 0.05) is 58.6 Å². The summed E-state index contributed by atoms with van der Waals surface area (Å²) in [6.45, 7) is 0. The first-order valence-electron chi connectivity index (χ1n) is 17.3. The predicted octanol–water partition coefficient (Wildman–Crippen LogP) is 13.1. The number of rotatable bonds is 4. The van der Waals surface area contributed by atoms with Crippen LogP contribution in [0.15, 0.2) is 168 Å². The van der Waals surface area contributed by atoms with Crippen molar-refractivity contribution in [3.8, 4) is 45.2 Å². The molecule has 0 radical (unpaired) electrons. The number of hydrogen-bond acceptors (Lipinski definition) is 5. The maximum Gasteiger partial charge on any atom is 0.162 e. The molecule has 0 aliphatic carbocycles. The summed E-state index contributed by atoms with van der Waals surface area (Å²) in [7, 11) is 0. The average molecular weight is 682 g/mol. The summed E-state index contributed by atoms with van der Waals surface area (Å²) in [5.74, 6) is 0.691. The van der Waals surface area contributed by atoms with Gasteiger partial charge in [-0.25, -0.2) is 15.0 Å². The molecule has 4 heterocycles. The van der Waals surface area contributed by atoms with Crippen LogP contribution in [0.4, 0.5) is 0 Å². The van der Waals surface area contributed by atoms with E-state index in [4.69, 9.17) is 19.4 Å². The largest absolute Gasteiger partial charge is 0.454 e. The van der Waals surface area contributed by atoms with Crippen LogP contribution in [0.3, 0.4) is 0 Å². The second-order valence-electron chi connectivity index (χ2n) is 13.2. The molecule has 0 amide bonds. The van der Waals surface area contributed by atoms with Crippen molar-refractivity contribution in [3.05, 3.63) is 164 Å². The van der Waals surface area contributed by atoms with Crippen molar-refractivity contribution in [3.63, 3.8) is 0 Å². The molecule has 0 saturated carbocycles. The van der Waals surface area contributed by atoms with E-state index in [-0.39, 0.29) is 0 Å². The molecule has 0 saturated heterocycles. The van der Waals surface area contributed by atoms with Gasteiger partial charge >= 0.3 is 0 Å². The molecular weight excluding hydrogens is 655 g/mol. The minimum Gasteiger partial charge on any atom is -0.454 e. The lowest BCUT2D eigenvalue weighted by molar-refractivity contribution is 0.669. The molecule has 0 spiro atoms. The van der Waals surface area contributed by atoms with E-state index in [2.05, 4.69) is 140 Å². The zero-order valence-electron chi connectivity index (χ0n) is 27.7. The van der Waals surface area contributed by atoms with Crippen LogP contribution >= 0.6 is 11.3 Å². The fraction of sp³-hybridized carbons (Fsp3) is 0. The number of pyridine rings is 1. The Hall–Kier alpha value is -6.69. The lowest BCUT2D eigenvalue weighted by Crippen LogP contribution is -1.96. The quantitative estimate of drug-likeness (QED) is 0.185. The topological polar surface area (TPSA) is 51.8 Å². The second-order valence-corrected chi connectivity index (χ2v) is 14.2. The molecule has 0 aliphatic heterocycles. The summed E-state index contributed by atoms with van der Waals surface area (Å²) < 4.78 is 9.21. The molecule has 7 aromatic carbocycles. The summed E-state index contributed by atoms with van der Waals surface area (Å²) in [6.07, 6.45) is 0. The molecule has 0 N–H and O–H groups in total. The zero-order valence-corrected chi connectivity index (χ0v) is 28.6. The van der Waals surface area contributed by atoms with Gasteiger partial charge in [-0.2, -0.15) is 0 Å². The van der Waals surface area contributed by atoms with Crippen LogP contribution in [0.25, 0.3) is 109 Å². The third-order valence-electron chi connectivity index (χ3n) is 10.1. The SMILES string of the molecule is c1ccc(-c2nc(-c3ccc4oc5c(-c6ccc7ccccc7c6)nc6ccccc6c5c4c3)cc(-c3cccc4c3sc3ccccc34)n2)cc1. The third kappa shape index (κ3) is 4.57. The van der Waals surface area contributed by atoms with Gasteiger partial charge in [0.2, 0.25) is 0 Å².